The second-order valence-corrected chi connectivity index (χ2v) is 12.0. The van der Waals surface area contributed by atoms with Crippen molar-refractivity contribution in [2.75, 3.05) is 39.6 Å². The van der Waals surface area contributed by atoms with Crippen molar-refractivity contribution in [1.82, 2.24) is 0 Å². The van der Waals surface area contributed by atoms with E-state index in [0.29, 0.717) is 34.5 Å². The summed E-state index contributed by atoms with van der Waals surface area (Å²) in [5, 5.41) is 9.02. The molecule has 0 amide bonds. The Bertz CT molecular complexity index is 1520. The van der Waals surface area contributed by atoms with Crippen LogP contribution in [0.15, 0.2) is 85.0 Å². The van der Waals surface area contributed by atoms with Crippen molar-refractivity contribution < 1.29 is 38.4 Å². The summed E-state index contributed by atoms with van der Waals surface area (Å²) in [5.74, 6) is 2.18. The minimum absolute atomic E-state index is 0.0371. The summed E-state index contributed by atoms with van der Waals surface area (Å²) in [6.45, 7) is 13.6. The number of hydrogen-bond donors (Lipinski definition) is 1. The molecule has 47 heavy (non-hydrogen) atoms. The number of aliphatic hydroxyl groups excluding tert-OH is 1. The predicted molar refractivity (Wildman–Crippen MR) is 183 cm³/mol. The molecule has 4 rings (SSSR count). The Labute approximate surface area is 278 Å². The molecule has 3 aromatic rings. The monoisotopic (exact) mass is 642 g/mol. The van der Waals surface area contributed by atoms with Crippen LogP contribution in [-0.2, 0) is 19.1 Å². The van der Waals surface area contributed by atoms with Gasteiger partial charge in [0.2, 0.25) is 0 Å². The van der Waals surface area contributed by atoms with E-state index in [1.165, 1.54) is 0 Å². The number of aliphatic hydroxyl groups is 1. The number of carbonyl (C=O) groups excluding carboxylic acids is 2. The number of carbonyl (C=O) groups is 2. The molecule has 0 radical (unpaired) electrons. The molecule has 0 heterocycles. The summed E-state index contributed by atoms with van der Waals surface area (Å²) >= 11 is 0. The van der Waals surface area contributed by atoms with Crippen molar-refractivity contribution in [3.63, 3.8) is 0 Å². The fraction of sp³-hybridized carbons (Fsp3) is 0.385. The highest BCUT2D eigenvalue weighted by Gasteiger charge is 2.25. The topological polar surface area (TPSA) is 101 Å². The quantitative estimate of drug-likeness (QED) is 0.0965. The van der Waals surface area contributed by atoms with Gasteiger partial charge in [-0.1, -0.05) is 69.3 Å². The third-order valence-electron chi connectivity index (χ3n) is 8.16. The zero-order valence-corrected chi connectivity index (χ0v) is 27.7. The maximum atomic E-state index is 11.9. The molecule has 0 saturated heterocycles. The van der Waals surface area contributed by atoms with Crippen LogP contribution in [0.4, 0.5) is 0 Å². The van der Waals surface area contributed by atoms with Gasteiger partial charge in [-0.25, -0.2) is 9.59 Å². The number of benzene rings is 3. The lowest BCUT2D eigenvalue weighted by Gasteiger charge is -2.29. The highest BCUT2D eigenvalue weighted by molar-refractivity contribution is 5.87. The summed E-state index contributed by atoms with van der Waals surface area (Å²) in [6.07, 6.45) is 4.33. The molecule has 1 N–H and O–H groups in total. The van der Waals surface area contributed by atoms with Gasteiger partial charge in [-0.15, -0.1) is 0 Å². The molecule has 8 heteroatoms. The minimum atomic E-state index is -0.453. The van der Waals surface area contributed by atoms with E-state index in [4.69, 9.17) is 28.8 Å². The van der Waals surface area contributed by atoms with Gasteiger partial charge in [0.05, 0.1) is 6.61 Å². The number of hydrogen-bond acceptors (Lipinski definition) is 8. The second-order valence-electron chi connectivity index (χ2n) is 12.0. The average Bonchev–Trinajstić information content (AvgIpc) is 3.08. The van der Waals surface area contributed by atoms with E-state index in [9.17, 15) is 9.59 Å². The van der Waals surface area contributed by atoms with E-state index in [1.54, 1.807) is 13.8 Å². The van der Waals surface area contributed by atoms with E-state index in [1.807, 2.05) is 54.6 Å². The van der Waals surface area contributed by atoms with E-state index >= 15 is 0 Å². The van der Waals surface area contributed by atoms with Crippen LogP contribution >= 0.6 is 0 Å². The normalized spacial score (nSPS) is 15.7. The number of ether oxygens (including phenoxy) is 5. The van der Waals surface area contributed by atoms with Crippen LogP contribution < -0.4 is 14.2 Å². The Morgan fingerprint density at radius 2 is 1.19 bits per heavy atom. The number of esters is 2. The van der Waals surface area contributed by atoms with Crippen molar-refractivity contribution >= 4 is 11.9 Å². The minimum Gasteiger partial charge on any atom is -0.491 e. The molecule has 0 spiro atoms. The molecule has 1 saturated carbocycles. The van der Waals surface area contributed by atoms with Gasteiger partial charge in [-0.3, -0.25) is 0 Å². The molecule has 8 nitrogen and oxygen atoms in total. The first kappa shape index (κ1) is 35.3. The van der Waals surface area contributed by atoms with Crippen molar-refractivity contribution in [3.8, 4) is 39.5 Å². The lowest BCUT2D eigenvalue weighted by Crippen LogP contribution is -2.16. The Kier molecular flexibility index (Phi) is 13.1. The van der Waals surface area contributed by atoms with Crippen molar-refractivity contribution in [1.29, 1.82) is 0 Å². The summed E-state index contributed by atoms with van der Waals surface area (Å²) < 4.78 is 28.7. The van der Waals surface area contributed by atoms with Crippen LogP contribution in [0, 0.1) is 5.92 Å². The van der Waals surface area contributed by atoms with Crippen molar-refractivity contribution in [2.45, 2.75) is 52.4 Å². The van der Waals surface area contributed by atoms with Gasteiger partial charge in [0, 0.05) is 22.3 Å². The molecule has 0 aliphatic heterocycles. The smallest absolute Gasteiger partial charge is 0.333 e. The first-order chi connectivity index (χ1) is 22.7. The van der Waals surface area contributed by atoms with E-state index in [0.717, 1.165) is 59.3 Å². The van der Waals surface area contributed by atoms with Gasteiger partial charge >= 0.3 is 11.9 Å². The third kappa shape index (κ3) is 10.2. The molecule has 250 valence electrons. The zero-order chi connectivity index (χ0) is 33.8. The van der Waals surface area contributed by atoms with Crippen LogP contribution in [0.1, 0.15) is 57.9 Å². The Morgan fingerprint density at radius 3 is 1.72 bits per heavy atom. The molecule has 1 aliphatic carbocycles. The van der Waals surface area contributed by atoms with Crippen LogP contribution in [-0.4, -0.2) is 56.7 Å². The fourth-order valence-corrected chi connectivity index (χ4v) is 5.50. The summed E-state index contributed by atoms with van der Waals surface area (Å²) in [5.41, 5.74) is 5.54. The molecule has 1 aliphatic rings. The fourth-order valence-electron chi connectivity index (χ4n) is 5.50. The van der Waals surface area contributed by atoms with E-state index in [-0.39, 0.29) is 39.6 Å². The highest BCUT2D eigenvalue weighted by Crippen LogP contribution is 2.45. The van der Waals surface area contributed by atoms with Crippen LogP contribution in [0.5, 0.6) is 17.2 Å². The largest absolute Gasteiger partial charge is 0.491 e. The highest BCUT2D eigenvalue weighted by atomic mass is 16.6. The maximum Gasteiger partial charge on any atom is 0.333 e. The third-order valence-corrected chi connectivity index (χ3v) is 8.16. The lowest BCUT2D eigenvalue weighted by molar-refractivity contribution is -0.140. The molecule has 0 unspecified atom stereocenters. The lowest BCUT2D eigenvalue weighted by atomic mass is 9.78. The summed E-state index contributed by atoms with van der Waals surface area (Å²) in [6, 6.07) is 20.0. The van der Waals surface area contributed by atoms with Gasteiger partial charge in [0.1, 0.15) is 50.3 Å². The zero-order valence-electron chi connectivity index (χ0n) is 27.7. The van der Waals surface area contributed by atoms with Crippen LogP contribution in [0.25, 0.3) is 22.3 Å². The Hall–Kier alpha value is -4.56. The standard InChI is InChI=1S/C39H46O8/c1-26(2)38(41)46-22-20-44-36-25-35(32-12-10-29(11-13-32)30-14-16-33(17-15-30)43-19-18-40)37(45-21-23-47-39(42)27(3)4)24-34(36)31-8-6-28(5)7-9-31/h10-17,24-25,28,31,40H,1,3,6-9,18-23H2,2,4-5H3. The Morgan fingerprint density at radius 1 is 0.681 bits per heavy atom. The van der Waals surface area contributed by atoms with Crippen molar-refractivity contribution in [3.05, 3.63) is 90.5 Å². The van der Waals surface area contributed by atoms with Gasteiger partial charge in [-0.05, 0) is 79.5 Å². The Balaban J connectivity index is 1.65. The number of rotatable bonds is 16. The van der Waals surface area contributed by atoms with Gasteiger partial charge < -0.3 is 28.8 Å². The van der Waals surface area contributed by atoms with Gasteiger partial charge in [0.15, 0.2) is 0 Å². The summed E-state index contributed by atoms with van der Waals surface area (Å²) in [7, 11) is 0. The van der Waals surface area contributed by atoms with Gasteiger partial charge in [-0.2, -0.15) is 0 Å². The first-order valence-electron chi connectivity index (χ1n) is 16.2. The summed E-state index contributed by atoms with van der Waals surface area (Å²) in [4.78, 5) is 23.9. The molecular weight excluding hydrogens is 596 g/mol. The second kappa shape index (κ2) is 17.4. The predicted octanol–water partition coefficient (Wildman–Crippen LogP) is 7.68. The maximum absolute atomic E-state index is 11.9. The molecule has 1 fully saturated rings. The molecular formula is C39H46O8. The van der Waals surface area contributed by atoms with Gasteiger partial charge in [0.25, 0.3) is 0 Å². The SMILES string of the molecule is C=C(C)C(=O)OCCOc1cc(C2CCC(C)CC2)c(OCCOC(=O)C(=C)C)cc1-c1ccc(-c2ccc(OCCO)cc2)cc1. The van der Waals surface area contributed by atoms with Crippen LogP contribution in [0.2, 0.25) is 0 Å². The molecule has 0 aromatic heterocycles. The molecule has 0 bridgehead atoms. The van der Waals surface area contributed by atoms with E-state index in [2.05, 4.69) is 26.1 Å². The van der Waals surface area contributed by atoms with Crippen molar-refractivity contribution in [2.24, 2.45) is 5.92 Å². The van der Waals surface area contributed by atoms with Crippen LogP contribution in [0.3, 0.4) is 0 Å². The average molecular weight is 643 g/mol. The van der Waals surface area contributed by atoms with E-state index < -0.39 is 11.9 Å². The molecule has 3 aromatic carbocycles. The molecule has 0 atom stereocenters. The first-order valence-corrected chi connectivity index (χ1v) is 16.2.